The van der Waals surface area contributed by atoms with Crippen LogP contribution in [-0.2, 0) is 6.54 Å². The molecule has 0 radical (unpaired) electrons. The van der Waals surface area contributed by atoms with E-state index in [1.807, 2.05) is 0 Å². The quantitative estimate of drug-likeness (QED) is 0.325. The highest BCUT2D eigenvalue weighted by Crippen LogP contribution is 2.48. The number of halogens is 2. The van der Waals surface area contributed by atoms with Gasteiger partial charge in [-0.15, -0.1) is 0 Å². The van der Waals surface area contributed by atoms with Gasteiger partial charge in [0.05, 0.1) is 5.02 Å². The van der Waals surface area contributed by atoms with Crippen LogP contribution in [0, 0.1) is 11.2 Å². The van der Waals surface area contributed by atoms with Crippen LogP contribution >= 0.6 is 11.6 Å². The molecule has 4 N–H and O–H groups in total. The largest absolute Gasteiger partial charge is 0.409 e. The monoisotopic (exact) mass is 285 g/mol. The molecular weight excluding hydrogens is 269 g/mol. The lowest BCUT2D eigenvalue weighted by Gasteiger charge is -2.15. The summed E-state index contributed by atoms with van der Waals surface area (Å²) in [5.41, 5.74) is 6.58. The molecule has 0 saturated heterocycles. The van der Waals surface area contributed by atoms with Gasteiger partial charge in [0.1, 0.15) is 11.7 Å². The first-order chi connectivity index (χ1) is 9.04. The second-order valence-corrected chi connectivity index (χ2v) is 5.53. The van der Waals surface area contributed by atoms with Gasteiger partial charge in [-0.05, 0) is 36.0 Å². The third-order valence-corrected chi connectivity index (χ3v) is 3.74. The van der Waals surface area contributed by atoms with Gasteiger partial charge < -0.3 is 16.3 Å². The Kier molecular flexibility index (Phi) is 4.27. The lowest BCUT2D eigenvalue weighted by Crippen LogP contribution is -2.28. The number of nitrogens with zero attached hydrogens (tertiary/aromatic N) is 1. The molecular formula is C13H17ClFN3O. The van der Waals surface area contributed by atoms with Crippen molar-refractivity contribution in [3.63, 3.8) is 0 Å². The Morgan fingerprint density at radius 2 is 2.26 bits per heavy atom. The topological polar surface area (TPSA) is 70.6 Å². The number of oxime groups is 1. The van der Waals surface area contributed by atoms with Crippen molar-refractivity contribution in [2.45, 2.75) is 25.8 Å². The molecule has 1 aromatic carbocycles. The van der Waals surface area contributed by atoms with Gasteiger partial charge in [0, 0.05) is 19.5 Å². The number of hydrogen-bond donors (Lipinski definition) is 3. The van der Waals surface area contributed by atoms with E-state index in [-0.39, 0.29) is 16.3 Å². The van der Waals surface area contributed by atoms with E-state index in [4.69, 9.17) is 22.5 Å². The number of hydrogen-bond acceptors (Lipinski definition) is 3. The fourth-order valence-electron chi connectivity index (χ4n) is 2.13. The predicted octanol–water partition coefficient (Wildman–Crippen LogP) is 2.49. The maximum absolute atomic E-state index is 13.0. The van der Waals surface area contributed by atoms with Crippen LogP contribution in [0.15, 0.2) is 23.4 Å². The summed E-state index contributed by atoms with van der Waals surface area (Å²) >= 11 is 5.72. The molecule has 1 aliphatic rings. The molecule has 104 valence electrons. The Hall–Kier alpha value is -1.33. The summed E-state index contributed by atoms with van der Waals surface area (Å²) in [5.74, 6) is -0.139. The van der Waals surface area contributed by atoms with Crippen LogP contribution in [0.1, 0.15) is 24.8 Å². The van der Waals surface area contributed by atoms with Crippen molar-refractivity contribution in [1.82, 2.24) is 5.32 Å². The molecule has 0 unspecified atom stereocenters. The van der Waals surface area contributed by atoms with E-state index in [1.165, 1.54) is 6.07 Å². The average molecular weight is 286 g/mol. The number of rotatable bonds is 6. The van der Waals surface area contributed by atoms with Crippen molar-refractivity contribution < 1.29 is 9.60 Å². The summed E-state index contributed by atoms with van der Waals surface area (Å²) in [6.45, 7) is 1.41. The van der Waals surface area contributed by atoms with Gasteiger partial charge in [0.15, 0.2) is 0 Å². The molecule has 0 spiro atoms. The van der Waals surface area contributed by atoms with Crippen molar-refractivity contribution in [2.24, 2.45) is 16.3 Å². The molecule has 6 heteroatoms. The summed E-state index contributed by atoms with van der Waals surface area (Å²) in [7, 11) is 0. The fraction of sp³-hybridized carbons (Fsp3) is 0.462. The second-order valence-electron chi connectivity index (χ2n) is 5.12. The van der Waals surface area contributed by atoms with Crippen LogP contribution in [0.2, 0.25) is 5.02 Å². The zero-order chi connectivity index (χ0) is 13.9. The van der Waals surface area contributed by atoms with Crippen molar-refractivity contribution in [2.75, 3.05) is 6.54 Å². The van der Waals surface area contributed by atoms with Crippen molar-refractivity contribution in [3.05, 3.63) is 34.6 Å². The van der Waals surface area contributed by atoms with Gasteiger partial charge in [-0.25, -0.2) is 4.39 Å². The van der Waals surface area contributed by atoms with Crippen molar-refractivity contribution in [3.8, 4) is 0 Å². The van der Waals surface area contributed by atoms with Crippen LogP contribution in [0.4, 0.5) is 4.39 Å². The number of nitrogens with two attached hydrogens (primary N) is 1. The molecule has 4 nitrogen and oxygen atoms in total. The molecule has 1 saturated carbocycles. The third-order valence-electron chi connectivity index (χ3n) is 3.45. The van der Waals surface area contributed by atoms with Crippen LogP contribution < -0.4 is 11.1 Å². The van der Waals surface area contributed by atoms with E-state index in [1.54, 1.807) is 12.1 Å². The smallest absolute Gasteiger partial charge is 0.141 e. The SMILES string of the molecule is NC(CC1(CNCc2ccc(F)c(Cl)c2)CC1)=NO. The number of benzene rings is 1. The molecule has 1 aromatic rings. The van der Waals surface area contributed by atoms with Crippen LogP contribution in [-0.4, -0.2) is 17.6 Å². The van der Waals surface area contributed by atoms with E-state index in [0.29, 0.717) is 13.0 Å². The molecule has 19 heavy (non-hydrogen) atoms. The van der Waals surface area contributed by atoms with Crippen LogP contribution in [0.25, 0.3) is 0 Å². The summed E-state index contributed by atoms with van der Waals surface area (Å²) in [6.07, 6.45) is 2.74. The van der Waals surface area contributed by atoms with E-state index >= 15 is 0 Å². The number of nitrogens with one attached hydrogen (secondary N) is 1. The molecule has 0 amide bonds. The lowest BCUT2D eigenvalue weighted by molar-refractivity contribution is 0.314. The summed E-state index contributed by atoms with van der Waals surface area (Å²) in [5, 5.41) is 15.0. The summed E-state index contributed by atoms with van der Waals surface area (Å²) < 4.78 is 13.0. The summed E-state index contributed by atoms with van der Waals surface area (Å²) in [4.78, 5) is 0. The van der Waals surface area contributed by atoms with Crippen molar-refractivity contribution >= 4 is 17.4 Å². The zero-order valence-corrected chi connectivity index (χ0v) is 11.3. The lowest BCUT2D eigenvalue weighted by atomic mass is 10.0. The normalized spacial score (nSPS) is 17.5. The van der Waals surface area contributed by atoms with E-state index < -0.39 is 5.82 Å². The number of amidine groups is 1. The first-order valence-corrected chi connectivity index (χ1v) is 6.53. The average Bonchev–Trinajstić information content (AvgIpc) is 3.13. The molecule has 0 heterocycles. The Balaban J connectivity index is 1.82. The van der Waals surface area contributed by atoms with Gasteiger partial charge in [-0.2, -0.15) is 0 Å². The molecule has 0 bridgehead atoms. The molecule has 0 aliphatic heterocycles. The minimum absolute atomic E-state index is 0.111. The highest BCUT2D eigenvalue weighted by atomic mass is 35.5. The maximum Gasteiger partial charge on any atom is 0.141 e. The first kappa shape index (κ1) is 14.1. The highest BCUT2D eigenvalue weighted by molar-refractivity contribution is 6.30. The molecule has 2 rings (SSSR count). The van der Waals surface area contributed by atoms with E-state index in [2.05, 4.69) is 10.5 Å². The fourth-order valence-corrected chi connectivity index (χ4v) is 2.34. The Morgan fingerprint density at radius 1 is 1.53 bits per heavy atom. The van der Waals surface area contributed by atoms with Gasteiger partial charge in [-0.3, -0.25) is 0 Å². The highest BCUT2D eigenvalue weighted by Gasteiger charge is 2.42. The second kappa shape index (κ2) is 5.75. The third kappa shape index (κ3) is 3.81. The Bertz CT molecular complexity index is 489. The standard InChI is InChI=1S/C13H17ClFN3O/c14-10-5-9(1-2-11(10)15)7-17-8-13(3-4-13)6-12(16)18-19/h1-2,5,17,19H,3-4,6-8H2,(H2,16,18). The van der Waals surface area contributed by atoms with E-state index in [0.717, 1.165) is 24.9 Å². The van der Waals surface area contributed by atoms with Crippen molar-refractivity contribution in [1.29, 1.82) is 0 Å². The minimum Gasteiger partial charge on any atom is -0.409 e. The van der Waals surface area contributed by atoms with Crippen LogP contribution in [0.3, 0.4) is 0 Å². The zero-order valence-electron chi connectivity index (χ0n) is 10.5. The van der Waals surface area contributed by atoms with Crippen LogP contribution in [0.5, 0.6) is 0 Å². The summed E-state index contributed by atoms with van der Waals surface area (Å²) in [6, 6.07) is 4.69. The molecule has 1 aliphatic carbocycles. The van der Waals surface area contributed by atoms with Gasteiger partial charge in [0.2, 0.25) is 0 Å². The minimum atomic E-state index is -0.406. The molecule has 1 fully saturated rings. The van der Waals surface area contributed by atoms with Gasteiger partial charge >= 0.3 is 0 Å². The predicted molar refractivity (Wildman–Crippen MR) is 72.8 cm³/mol. The van der Waals surface area contributed by atoms with Gasteiger partial charge in [0.25, 0.3) is 0 Å². The van der Waals surface area contributed by atoms with Gasteiger partial charge in [-0.1, -0.05) is 22.8 Å². The first-order valence-electron chi connectivity index (χ1n) is 6.16. The molecule has 0 aromatic heterocycles. The van der Waals surface area contributed by atoms with E-state index in [9.17, 15) is 4.39 Å². The Labute approximate surface area is 116 Å². The Morgan fingerprint density at radius 3 is 2.84 bits per heavy atom. The maximum atomic E-state index is 13.0. The molecule has 0 atom stereocenters.